The molecule has 0 fully saturated rings. The van der Waals surface area contributed by atoms with Gasteiger partial charge in [0.05, 0.1) is 15.9 Å². The van der Waals surface area contributed by atoms with Gasteiger partial charge in [-0.05, 0) is 42.8 Å². The summed E-state index contributed by atoms with van der Waals surface area (Å²) >= 11 is 0. The number of anilines is 1. The summed E-state index contributed by atoms with van der Waals surface area (Å²) in [4.78, 5) is 25.3. The summed E-state index contributed by atoms with van der Waals surface area (Å²) < 4.78 is 28.7. The van der Waals surface area contributed by atoms with E-state index in [0.29, 0.717) is 12.2 Å². The van der Waals surface area contributed by atoms with Crippen molar-refractivity contribution in [1.29, 1.82) is 0 Å². The first kappa shape index (κ1) is 21.8. The third-order valence-electron chi connectivity index (χ3n) is 4.85. The lowest BCUT2D eigenvalue weighted by atomic mass is 10.3. The van der Waals surface area contributed by atoms with Crippen molar-refractivity contribution >= 4 is 32.7 Å². The van der Waals surface area contributed by atoms with Gasteiger partial charge in [-0.25, -0.2) is 17.5 Å². The molecule has 0 bridgehead atoms. The number of rotatable bonds is 8. The fourth-order valence-electron chi connectivity index (χ4n) is 3.29. The summed E-state index contributed by atoms with van der Waals surface area (Å²) in [7, 11) is -0.591. The first-order valence-electron chi connectivity index (χ1n) is 9.76. The number of nitrogens with one attached hydrogen (secondary N) is 1. The largest absolute Gasteiger partial charge is 0.329 e. The van der Waals surface area contributed by atoms with E-state index >= 15 is 0 Å². The smallest absolute Gasteiger partial charge is 0.326 e. The number of hydrogen-bond acceptors (Lipinski definition) is 4. The Hall–Kier alpha value is -2.91. The van der Waals surface area contributed by atoms with Crippen molar-refractivity contribution < 1.29 is 13.2 Å². The van der Waals surface area contributed by atoms with Gasteiger partial charge in [0.2, 0.25) is 15.9 Å². The Morgan fingerprint density at radius 1 is 0.967 bits per heavy atom. The number of para-hydroxylation sites is 2. The molecule has 1 N–H and O–H groups in total. The molecule has 1 heterocycles. The van der Waals surface area contributed by atoms with Gasteiger partial charge in [-0.2, -0.15) is 0 Å². The molecule has 0 aliphatic carbocycles. The molecule has 0 unspecified atom stereocenters. The zero-order valence-electron chi connectivity index (χ0n) is 17.3. The molecule has 2 aromatic carbocycles. The highest BCUT2D eigenvalue weighted by atomic mass is 32.2. The van der Waals surface area contributed by atoms with Crippen LogP contribution in [0.15, 0.2) is 58.2 Å². The van der Waals surface area contributed by atoms with Gasteiger partial charge >= 0.3 is 5.69 Å². The Kier molecular flexibility index (Phi) is 6.42. The minimum Gasteiger partial charge on any atom is -0.326 e. The van der Waals surface area contributed by atoms with Crippen molar-refractivity contribution in [1.82, 2.24) is 13.4 Å². The third kappa shape index (κ3) is 4.31. The molecule has 0 aliphatic heterocycles. The van der Waals surface area contributed by atoms with Crippen molar-refractivity contribution in [2.45, 2.75) is 37.8 Å². The molecule has 0 saturated heterocycles. The van der Waals surface area contributed by atoms with E-state index < -0.39 is 10.0 Å². The van der Waals surface area contributed by atoms with E-state index in [1.54, 1.807) is 21.3 Å². The summed E-state index contributed by atoms with van der Waals surface area (Å²) in [6, 6.07) is 13.6. The highest BCUT2D eigenvalue weighted by Gasteiger charge is 2.17. The number of benzene rings is 2. The Labute approximate surface area is 175 Å². The molecule has 30 heavy (non-hydrogen) atoms. The van der Waals surface area contributed by atoms with Crippen molar-refractivity contribution in [3.63, 3.8) is 0 Å². The first-order valence-corrected chi connectivity index (χ1v) is 11.2. The normalized spacial score (nSPS) is 11.9. The number of fused-ring (bicyclic) bond motifs is 1. The molecule has 0 atom stereocenters. The Bertz CT molecular complexity index is 1210. The standard InChI is InChI=1S/C21H26N4O4S/c1-4-14-24-18-7-5-6-8-19(18)25(21(24)27)15-13-20(26)22-16-9-11-17(12-10-16)30(28,29)23(2)3/h5-12H,4,13-15H2,1-3H3,(H,22,26). The van der Waals surface area contributed by atoms with Gasteiger partial charge in [-0.3, -0.25) is 13.9 Å². The number of imidazole rings is 1. The molecule has 1 amide bonds. The van der Waals surface area contributed by atoms with Gasteiger partial charge < -0.3 is 5.32 Å². The van der Waals surface area contributed by atoms with Gasteiger partial charge in [-0.1, -0.05) is 19.1 Å². The van der Waals surface area contributed by atoms with Crippen LogP contribution in [0.1, 0.15) is 19.8 Å². The summed E-state index contributed by atoms with van der Waals surface area (Å²) in [5.41, 5.74) is 2.05. The lowest BCUT2D eigenvalue weighted by molar-refractivity contribution is -0.116. The third-order valence-corrected chi connectivity index (χ3v) is 6.68. The topological polar surface area (TPSA) is 93.4 Å². The van der Waals surface area contributed by atoms with Crippen LogP contribution in [0.3, 0.4) is 0 Å². The predicted octanol–water partition coefficient (Wildman–Crippen LogP) is 2.49. The fraction of sp³-hybridized carbons (Fsp3) is 0.333. The number of aryl methyl sites for hydroxylation is 2. The van der Waals surface area contributed by atoms with Gasteiger partial charge in [0, 0.05) is 39.3 Å². The zero-order chi connectivity index (χ0) is 21.9. The zero-order valence-corrected chi connectivity index (χ0v) is 18.1. The summed E-state index contributed by atoms with van der Waals surface area (Å²) in [6.07, 6.45) is 0.964. The Morgan fingerprint density at radius 2 is 1.53 bits per heavy atom. The van der Waals surface area contributed by atoms with E-state index in [4.69, 9.17) is 0 Å². The number of sulfonamides is 1. The van der Waals surface area contributed by atoms with Crippen molar-refractivity contribution in [3.8, 4) is 0 Å². The van der Waals surface area contributed by atoms with E-state index in [-0.39, 0.29) is 29.5 Å². The average molecular weight is 431 g/mol. The number of nitrogens with zero attached hydrogens (tertiary/aromatic N) is 3. The van der Waals surface area contributed by atoms with Gasteiger partial charge in [0.15, 0.2) is 0 Å². The Morgan fingerprint density at radius 3 is 2.07 bits per heavy atom. The van der Waals surface area contributed by atoms with Crippen LogP contribution in [0.5, 0.6) is 0 Å². The average Bonchev–Trinajstić information content (AvgIpc) is 2.98. The number of hydrogen-bond donors (Lipinski definition) is 1. The summed E-state index contributed by atoms with van der Waals surface area (Å²) in [6.45, 7) is 2.90. The lowest BCUT2D eigenvalue weighted by Gasteiger charge is -2.12. The minimum absolute atomic E-state index is 0.121. The van der Waals surface area contributed by atoms with Crippen LogP contribution in [0.25, 0.3) is 11.0 Å². The number of aromatic nitrogens is 2. The number of amides is 1. The van der Waals surface area contributed by atoms with Crippen molar-refractivity contribution in [2.75, 3.05) is 19.4 Å². The predicted molar refractivity (Wildman–Crippen MR) is 117 cm³/mol. The molecule has 8 nitrogen and oxygen atoms in total. The molecule has 0 radical (unpaired) electrons. The monoisotopic (exact) mass is 430 g/mol. The molecular formula is C21H26N4O4S. The van der Waals surface area contributed by atoms with Crippen LogP contribution in [-0.2, 0) is 27.9 Å². The number of carbonyl (C=O) groups excluding carboxylic acids is 1. The first-order chi connectivity index (χ1) is 14.3. The minimum atomic E-state index is -3.52. The van der Waals surface area contributed by atoms with Crippen LogP contribution in [0, 0.1) is 0 Å². The van der Waals surface area contributed by atoms with E-state index in [1.807, 2.05) is 31.2 Å². The van der Waals surface area contributed by atoms with Gasteiger partial charge in [0.25, 0.3) is 0 Å². The second kappa shape index (κ2) is 8.85. The van der Waals surface area contributed by atoms with E-state index in [9.17, 15) is 18.0 Å². The van der Waals surface area contributed by atoms with Crippen LogP contribution < -0.4 is 11.0 Å². The molecule has 0 spiro atoms. The van der Waals surface area contributed by atoms with E-state index in [2.05, 4.69) is 5.32 Å². The van der Waals surface area contributed by atoms with Crippen molar-refractivity contribution in [2.24, 2.45) is 0 Å². The quantitative estimate of drug-likeness (QED) is 0.594. The maximum atomic E-state index is 12.8. The summed E-state index contributed by atoms with van der Waals surface area (Å²) in [5.74, 6) is -0.252. The fourth-order valence-corrected chi connectivity index (χ4v) is 4.19. The van der Waals surface area contributed by atoms with E-state index in [0.717, 1.165) is 21.8 Å². The van der Waals surface area contributed by atoms with Gasteiger partial charge in [-0.15, -0.1) is 0 Å². The summed E-state index contributed by atoms with van der Waals surface area (Å²) in [5, 5.41) is 2.75. The molecule has 1 aromatic heterocycles. The van der Waals surface area contributed by atoms with Crippen molar-refractivity contribution in [3.05, 3.63) is 59.0 Å². The highest BCUT2D eigenvalue weighted by Crippen LogP contribution is 2.17. The number of carbonyl (C=O) groups is 1. The molecule has 3 rings (SSSR count). The highest BCUT2D eigenvalue weighted by molar-refractivity contribution is 7.89. The molecule has 3 aromatic rings. The molecule has 160 valence electrons. The molecule has 0 aliphatic rings. The second-order valence-electron chi connectivity index (χ2n) is 7.18. The van der Waals surface area contributed by atoms with Crippen LogP contribution >= 0.6 is 0 Å². The molecular weight excluding hydrogens is 404 g/mol. The second-order valence-corrected chi connectivity index (χ2v) is 9.34. The lowest BCUT2D eigenvalue weighted by Crippen LogP contribution is -2.26. The maximum Gasteiger partial charge on any atom is 0.329 e. The molecule has 9 heteroatoms. The SMILES string of the molecule is CCCn1c(=O)n(CCC(=O)Nc2ccc(S(=O)(=O)N(C)C)cc2)c2ccccc21. The van der Waals surface area contributed by atoms with Crippen LogP contribution in [0.2, 0.25) is 0 Å². The van der Waals surface area contributed by atoms with Crippen LogP contribution in [0.4, 0.5) is 5.69 Å². The van der Waals surface area contributed by atoms with Crippen LogP contribution in [-0.4, -0.2) is 41.9 Å². The molecule has 0 saturated carbocycles. The van der Waals surface area contributed by atoms with E-state index in [1.165, 1.54) is 26.2 Å². The Balaban J connectivity index is 1.71. The maximum absolute atomic E-state index is 12.8. The van der Waals surface area contributed by atoms with Gasteiger partial charge in [0.1, 0.15) is 0 Å².